The highest BCUT2D eigenvalue weighted by Gasteiger charge is 2.18. The molecule has 1 aromatic heterocycles. The van der Waals surface area contributed by atoms with Crippen molar-refractivity contribution < 1.29 is 9.90 Å². The Kier molecular flexibility index (Phi) is 5.89. The van der Waals surface area contributed by atoms with E-state index in [2.05, 4.69) is 40.6 Å². The number of aromatic nitrogens is 1. The third-order valence-electron chi connectivity index (χ3n) is 4.61. The summed E-state index contributed by atoms with van der Waals surface area (Å²) >= 11 is 0. The molecule has 1 heterocycles. The first kappa shape index (κ1) is 19.1. The standard InChI is InChI=1S/C23H26N2O2/c1-23(2,27)22-15-20-10-9-18(14-21(20)25-22)11-12-24-16-19-7-5-17(6-8-19)4-3-13-26/h3-10,13-15,24-25,27H,11-12,16H2,1-2H3/b4-3+. The molecule has 3 N–H and O–H groups in total. The second-order valence-corrected chi connectivity index (χ2v) is 7.33. The molecule has 0 aliphatic heterocycles. The number of nitrogens with one attached hydrogen (secondary N) is 2. The summed E-state index contributed by atoms with van der Waals surface area (Å²) in [5.41, 5.74) is 4.53. The normalized spacial score (nSPS) is 12.1. The maximum Gasteiger partial charge on any atom is 0.142 e. The largest absolute Gasteiger partial charge is 0.384 e. The summed E-state index contributed by atoms with van der Waals surface area (Å²) in [4.78, 5) is 13.7. The molecule has 0 spiro atoms. The first-order chi connectivity index (χ1) is 13.0. The topological polar surface area (TPSA) is 65.1 Å². The monoisotopic (exact) mass is 362 g/mol. The molecule has 0 aliphatic carbocycles. The first-order valence-corrected chi connectivity index (χ1v) is 9.22. The van der Waals surface area contributed by atoms with Crippen LogP contribution in [0.3, 0.4) is 0 Å². The summed E-state index contributed by atoms with van der Waals surface area (Å²) in [5, 5.41) is 14.7. The lowest BCUT2D eigenvalue weighted by Gasteiger charge is -2.14. The first-order valence-electron chi connectivity index (χ1n) is 9.22. The average Bonchev–Trinajstić information content (AvgIpc) is 3.08. The Morgan fingerprint density at radius 2 is 1.81 bits per heavy atom. The summed E-state index contributed by atoms with van der Waals surface area (Å²) < 4.78 is 0. The highest BCUT2D eigenvalue weighted by atomic mass is 16.3. The van der Waals surface area contributed by atoms with E-state index in [1.807, 2.05) is 18.2 Å². The Hall–Kier alpha value is -2.69. The number of allylic oxidation sites excluding steroid dienone is 1. The van der Waals surface area contributed by atoms with Crippen LogP contribution in [0.1, 0.15) is 36.2 Å². The molecule has 2 aromatic carbocycles. The molecule has 4 nitrogen and oxygen atoms in total. The van der Waals surface area contributed by atoms with Gasteiger partial charge >= 0.3 is 0 Å². The van der Waals surface area contributed by atoms with Crippen LogP contribution in [-0.2, 0) is 23.4 Å². The van der Waals surface area contributed by atoms with Crippen LogP contribution >= 0.6 is 0 Å². The predicted molar refractivity (Wildman–Crippen MR) is 110 cm³/mol. The number of H-pyrrole nitrogens is 1. The van der Waals surface area contributed by atoms with Gasteiger partial charge < -0.3 is 15.4 Å². The minimum atomic E-state index is -0.862. The van der Waals surface area contributed by atoms with Gasteiger partial charge in [-0.15, -0.1) is 0 Å². The molecule has 3 aromatic rings. The van der Waals surface area contributed by atoms with Gasteiger partial charge in [-0.05, 0) is 67.1 Å². The summed E-state index contributed by atoms with van der Waals surface area (Å²) in [5.74, 6) is 0. The minimum absolute atomic E-state index is 0.783. The van der Waals surface area contributed by atoms with Crippen molar-refractivity contribution >= 4 is 23.3 Å². The Balaban J connectivity index is 1.53. The third kappa shape index (κ3) is 5.16. The van der Waals surface area contributed by atoms with Gasteiger partial charge in [0.15, 0.2) is 0 Å². The van der Waals surface area contributed by atoms with Gasteiger partial charge in [0, 0.05) is 17.8 Å². The number of rotatable bonds is 8. The number of fused-ring (bicyclic) bond motifs is 1. The van der Waals surface area contributed by atoms with Crippen molar-refractivity contribution in [3.05, 3.63) is 77.0 Å². The van der Waals surface area contributed by atoms with Crippen molar-refractivity contribution in [2.24, 2.45) is 0 Å². The van der Waals surface area contributed by atoms with Crippen LogP contribution in [0, 0.1) is 0 Å². The van der Waals surface area contributed by atoms with Crippen LogP contribution in [-0.4, -0.2) is 22.9 Å². The lowest BCUT2D eigenvalue weighted by Crippen LogP contribution is -2.16. The number of aliphatic hydroxyl groups is 1. The van der Waals surface area contributed by atoms with Crippen LogP contribution in [0.25, 0.3) is 17.0 Å². The van der Waals surface area contributed by atoms with Crippen molar-refractivity contribution in [2.75, 3.05) is 6.54 Å². The van der Waals surface area contributed by atoms with E-state index in [0.717, 1.165) is 48.0 Å². The highest BCUT2D eigenvalue weighted by molar-refractivity contribution is 5.81. The zero-order valence-corrected chi connectivity index (χ0v) is 15.8. The van der Waals surface area contributed by atoms with Gasteiger partial charge in [0.05, 0.1) is 5.60 Å². The molecule has 0 radical (unpaired) electrons. The van der Waals surface area contributed by atoms with Gasteiger partial charge in [-0.1, -0.05) is 42.5 Å². The summed E-state index contributed by atoms with van der Waals surface area (Å²) in [6, 6.07) is 16.6. The van der Waals surface area contributed by atoms with E-state index in [9.17, 15) is 9.90 Å². The number of aromatic amines is 1. The second-order valence-electron chi connectivity index (χ2n) is 7.33. The van der Waals surface area contributed by atoms with Crippen molar-refractivity contribution in [2.45, 2.75) is 32.4 Å². The SMILES string of the molecule is CC(C)(O)c1cc2ccc(CCNCc3ccc(/C=C/C=O)cc3)cc2[nH]1. The molecule has 0 aliphatic rings. The number of hydrogen-bond acceptors (Lipinski definition) is 3. The van der Waals surface area contributed by atoms with Crippen molar-refractivity contribution in [3.8, 4) is 0 Å². The Labute approximate surface area is 159 Å². The van der Waals surface area contributed by atoms with E-state index in [4.69, 9.17) is 0 Å². The molecule has 140 valence electrons. The van der Waals surface area contributed by atoms with Crippen LogP contribution in [0.15, 0.2) is 54.6 Å². The Morgan fingerprint density at radius 3 is 2.52 bits per heavy atom. The molecular formula is C23H26N2O2. The van der Waals surface area contributed by atoms with Crippen LogP contribution in [0.5, 0.6) is 0 Å². The average molecular weight is 362 g/mol. The molecular weight excluding hydrogens is 336 g/mol. The maximum atomic E-state index is 10.3. The Bertz CT molecular complexity index is 931. The van der Waals surface area contributed by atoms with Gasteiger partial charge in [-0.3, -0.25) is 4.79 Å². The van der Waals surface area contributed by atoms with Crippen molar-refractivity contribution in [3.63, 3.8) is 0 Å². The maximum absolute atomic E-state index is 10.3. The zero-order chi connectivity index (χ0) is 19.3. The molecule has 0 fully saturated rings. The molecule has 0 saturated heterocycles. The molecule has 0 atom stereocenters. The molecule has 0 amide bonds. The third-order valence-corrected chi connectivity index (χ3v) is 4.61. The van der Waals surface area contributed by atoms with Crippen LogP contribution < -0.4 is 5.32 Å². The van der Waals surface area contributed by atoms with E-state index in [-0.39, 0.29) is 0 Å². The van der Waals surface area contributed by atoms with E-state index in [1.165, 1.54) is 17.2 Å². The van der Waals surface area contributed by atoms with Crippen LogP contribution in [0.2, 0.25) is 0 Å². The Morgan fingerprint density at radius 1 is 1.07 bits per heavy atom. The number of carbonyl (C=O) groups excluding carboxylic acids is 1. The molecule has 0 bridgehead atoms. The van der Waals surface area contributed by atoms with E-state index in [1.54, 1.807) is 19.9 Å². The molecule has 27 heavy (non-hydrogen) atoms. The molecule has 0 unspecified atom stereocenters. The molecule has 0 saturated carbocycles. The van der Waals surface area contributed by atoms with Gasteiger partial charge in [-0.2, -0.15) is 0 Å². The van der Waals surface area contributed by atoms with E-state index in [0.29, 0.717) is 0 Å². The van der Waals surface area contributed by atoms with Gasteiger partial charge in [-0.25, -0.2) is 0 Å². The van der Waals surface area contributed by atoms with Gasteiger partial charge in [0.1, 0.15) is 6.29 Å². The molecule has 4 heteroatoms. The minimum Gasteiger partial charge on any atom is -0.384 e. The zero-order valence-electron chi connectivity index (χ0n) is 15.8. The fourth-order valence-electron chi connectivity index (χ4n) is 3.02. The predicted octanol–water partition coefficient (Wildman–Crippen LogP) is 3.94. The quantitative estimate of drug-likeness (QED) is 0.323. The van der Waals surface area contributed by atoms with Crippen LogP contribution in [0.4, 0.5) is 0 Å². The van der Waals surface area contributed by atoms with Gasteiger partial charge in [0.25, 0.3) is 0 Å². The fourth-order valence-corrected chi connectivity index (χ4v) is 3.02. The second kappa shape index (κ2) is 8.33. The summed E-state index contributed by atoms with van der Waals surface area (Å²) in [7, 11) is 0. The van der Waals surface area contributed by atoms with Crippen molar-refractivity contribution in [1.82, 2.24) is 10.3 Å². The number of benzene rings is 2. The van der Waals surface area contributed by atoms with Crippen molar-refractivity contribution in [1.29, 1.82) is 0 Å². The van der Waals surface area contributed by atoms with E-state index >= 15 is 0 Å². The van der Waals surface area contributed by atoms with E-state index < -0.39 is 5.60 Å². The summed E-state index contributed by atoms with van der Waals surface area (Å²) in [6.07, 6.45) is 5.02. The molecule has 3 rings (SSSR count). The number of aldehydes is 1. The number of carbonyl (C=O) groups is 1. The highest BCUT2D eigenvalue weighted by Crippen LogP contribution is 2.24. The summed E-state index contributed by atoms with van der Waals surface area (Å²) in [6.45, 7) is 5.27. The lowest BCUT2D eigenvalue weighted by molar-refractivity contribution is -0.104. The number of hydrogen-bond donors (Lipinski definition) is 3. The lowest BCUT2D eigenvalue weighted by atomic mass is 10.1. The smallest absolute Gasteiger partial charge is 0.142 e. The fraction of sp³-hybridized carbons (Fsp3) is 0.261. The van der Waals surface area contributed by atoms with Gasteiger partial charge in [0.2, 0.25) is 0 Å².